The minimum absolute atomic E-state index is 0.0118. The molecule has 0 bridgehead atoms. The Balaban J connectivity index is 1.28. The fraction of sp³-hybridized carbons (Fsp3) is 0.206. The Morgan fingerprint density at radius 2 is 1.34 bits per heavy atom. The van der Waals surface area contributed by atoms with Crippen molar-refractivity contribution in [3.63, 3.8) is 0 Å². The maximum atomic E-state index is 13.9. The van der Waals surface area contributed by atoms with E-state index >= 15 is 0 Å². The van der Waals surface area contributed by atoms with Crippen molar-refractivity contribution in [3.8, 4) is 11.1 Å². The summed E-state index contributed by atoms with van der Waals surface area (Å²) in [5.74, 6) is -2.03. The van der Waals surface area contributed by atoms with Crippen LogP contribution < -0.4 is 5.32 Å². The van der Waals surface area contributed by atoms with Crippen LogP contribution in [0.1, 0.15) is 40.5 Å². The number of carbonyl (C=O) groups is 3. The minimum atomic E-state index is -0.983. The van der Waals surface area contributed by atoms with E-state index in [4.69, 9.17) is 4.74 Å². The van der Waals surface area contributed by atoms with Gasteiger partial charge < -0.3 is 20.1 Å². The van der Waals surface area contributed by atoms with Gasteiger partial charge in [-0.3, -0.25) is 9.59 Å². The highest BCUT2D eigenvalue weighted by atomic mass is 16.5. The maximum Gasteiger partial charge on any atom is 0.407 e. The molecule has 0 aliphatic heterocycles. The van der Waals surface area contributed by atoms with Gasteiger partial charge in [0.2, 0.25) is 5.91 Å². The average molecular weight is 549 g/mol. The van der Waals surface area contributed by atoms with E-state index in [1.54, 1.807) is 4.90 Å². The van der Waals surface area contributed by atoms with Crippen molar-refractivity contribution in [3.05, 3.63) is 131 Å². The zero-order valence-corrected chi connectivity index (χ0v) is 22.6. The zero-order chi connectivity index (χ0) is 28.6. The molecule has 0 fully saturated rings. The summed E-state index contributed by atoms with van der Waals surface area (Å²) in [4.78, 5) is 39.7. The fourth-order valence-electron chi connectivity index (χ4n) is 5.39. The Hall–Kier alpha value is -4.91. The van der Waals surface area contributed by atoms with E-state index in [2.05, 4.69) is 29.6 Å². The topological polar surface area (TPSA) is 95.9 Å². The molecular formula is C34H32N2O5. The molecule has 0 heterocycles. The SMILES string of the molecule is O=C(O)CCN(Cc1ccccc1)C(=O)C(CNC(=O)OCC1c2ccccc2-c2ccccc21)c1ccccc1. The number of rotatable bonds is 11. The van der Waals surface area contributed by atoms with Crippen LogP contribution in [0.4, 0.5) is 4.79 Å². The Labute approximate surface area is 239 Å². The molecule has 0 aromatic heterocycles. The van der Waals surface area contributed by atoms with Gasteiger partial charge in [0.1, 0.15) is 6.61 Å². The lowest BCUT2D eigenvalue weighted by molar-refractivity contribution is -0.139. The number of alkyl carbamates (subject to hydrolysis) is 1. The Kier molecular flexibility index (Phi) is 8.74. The van der Waals surface area contributed by atoms with Crippen LogP contribution in [-0.2, 0) is 20.9 Å². The smallest absolute Gasteiger partial charge is 0.407 e. The Morgan fingerprint density at radius 3 is 1.95 bits per heavy atom. The molecule has 7 heteroatoms. The van der Waals surface area contributed by atoms with Crippen LogP contribution in [0.5, 0.6) is 0 Å². The molecule has 5 rings (SSSR count). The number of hydrogen-bond donors (Lipinski definition) is 2. The van der Waals surface area contributed by atoms with Crippen LogP contribution >= 0.6 is 0 Å². The third-order valence-electron chi connectivity index (χ3n) is 7.42. The van der Waals surface area contributed by atoms with E-state index in [0.717, 1.165) is 33.4 Å². The van der Waals surface area contributed by atoms with Crippen LogP contribution in [0.3, 0.4) is 0 Å². The van der Waals surface area contributed by atoms with Crippen molar-refractivity contribution in [2.45, 2.75) is 24.8 Å². The first kappa shape index (κ1) is 27.6. The monoisotopic (exact) mass is 548 g/mol. The van der Waals surface area contributed by atoms with Crippen molar-refractivity contribution in [1.82, 2.24) is 10.2 Å². The van der Waals surface area contributed by atoms with Crippen LogP contribution in [0.25, 0.3) is 11.1 Å². The van der Waals surface area contributed by atoms with E-state index in [-0.39, 0.29) is 44.5 Å². The van der Waals surface area contributed by atoms with E-state index < -0.39 is 18.0 Å². The number of amides is 2. The van der Waals surface area contributed by atoms with Crippen molar-refractivity contribution < 1.29 is 24.2 Å². The lowest BCUT2D eigenvalue weighted by Gasteiger charge is -2.28. The van der Waals surface area contributed by atoms with Crippen LogP contribution in [0.2, 0.25) is 0 Å². The molecule has 0 saturated carbocycles. The molecule has 2 N–H and O–H groups in total. The average Bonchev–Trinajstić information content (AvgIpc) is 3.32. The summed E-state index contributed by atoms with van der Waals surface area (Å²) in [5.41, 5.74) is 6.15. The molecule has 2 amide bonds. The second kappa shape index (κ2) is 13.0. The number of benzene rings is 4. The predicted octanol–water partition coefficient (Wildman–Crippen LogP) is 5.81. The molecule has 1 unspecified atom stereocenters. The number of hydrogen-bond acceptors (Lipinski definition) is 4. The first-order valence-electron chi connectivity index (χ1n) is 13.7. The molecule has 0 saturated heterocycles. The maximum absolute atomic E-state index is 13.9. The highest BCUT2D eigenvalue weighted by Crippen LogP contribution is 2.44. The molecule has 4 aromatic rings. The van der Waals surface area contributed by atoms with E-state index in [1.165, 1.54) is 0 Å². The van der Waals surface area contributed by atoms with Crippen molar-refractivity contribution in [2.75, 3.05) is 19.7 Å². The Bertz CT molecular complexity index is 1460. The van der Waals surface area contributed by atoms with Crippen LogP contribution in [0.15, 0.2) is 109 Å². The van der Waals surface area contributed by atoms with Crippen LogP contribution in [-0.4, -0.2) is 47.7 Å². The number of nitrogens with zero attached hydrogens (tertiary/aromatic N) is 1. The van der Waals surface area contributed by atoms with E-state index in [0.29, 0.717) is 0 Å². The number of nitrogens with one attached hydrogen (secondary N) is 1. The number of carboxylic acids is 1. The standard InChI is InChI=1S/C34H32N2O5/c37-32(38)19-20-36(22-24-11-3-1-4-12-24)33(39)30(25-13-5-2-6-14-25)21-35-34(40)41-23-31-28-17-9-7-15-26(28)27-16-8-10-18-29(27)31/h1-18,30-31H,19-23H2,(H,35,40)(H,37,38). The van der Waals surface area contributed by atoms with Gasteiger partial charge in [-0.15, -0.1) is 0 Å². The van der Waals surface area contributed by atoms with Crippen molar-refractivity contribution in [2.24, 2.45) is 0 Å². The lowest BCUT2D eigenvalue weighted by Crippen LogP contribution is -2.41. The quantitative estimate of drug-likeness (QED) is 0.247. The molecule has 1 aliphatic carbocycles. The first-order valence-corrected chi connectivity index (χ1v) is 13.7. The summed E-state index contributed by atoms with van der Waals surface area (Å²) in [6.45, 7) is 0.499. The van der Waals surface area contributed by atoms with Gasteiger partial charge in [0.05, 0.1) is 12.3 Å². The summed E-state index contributed by atoms with van der Waals surface area (Å²) in [6.07, 6.45) is -0.791. The molecule has 1 atom stereocenters. The second-order valence-electron chi connectivity index (χ2n) is 10.1. The van der Waals surface area contributed by atoms with Gasteiger partial charge in [0, 0.05) is 25.6 Å². The summed E-state index contributed by atoms with van der Waals surface area (Å²) in [5, 5.41) is 12.1. The number of fused-ring (bicyclic) bond motifs is 3. The molecule has 7 nitrogen and oxygen atoms in total. The van der Waals surface area contributed by atoms with Gasteiger partial charge >= 0.3 is 12.1 Å². The molecule has 208 valence electrons. The number of ether oxygens (including phenoxy) is 1. The molecule has 1 aliphatic rings. The second-order valence-corrected chi connectivity index (χ2v) is 10.1. The minimum Gasteiger partial charge on any atom is -0.481 e. The molecule has 41 heavy (non-hydrogen) atoms. The summed E-state index contributed by atoms with van der Waals surface area (Å²) >= 11 is 0. The number of carboxylic acid groups (broad SMARTS) is 1. The van der Waals surface area contributed by atoms with E-state index in [9.17, 15) is 19.5 Å². The molecule has 4 aromatic carbocycles. The third kappa shape index (κ3) is 6.64. The van der Waals surface area contributed by atoms with E-state index in [1.807, 2.05) is 84.9 Å². The molecular weight excluding hydrogens is 516 g/mol. The number of carbonyl (C=O) groups excluding carboxylic acids is 2. The molecule has 0 radical (unpaired) electrons. The highest BCUT2D eigenvalue weighted by Gasteiger charge is 2.30. The largest absolute Gasteiger partial charge is 0.481 e. The Morgan fingerprint density at radius 1 is 0.780 bits per heavy atom. The zero-order valence-electron chi connectivity index (χ0n) is 22.6. The summed E-state index contributed by atoms with van der Waals surface area (Å²) in [6, 6.07) is 34.9. The van der Waals surface area contributed by atoms with Gasteiger partial charge in [0.25, 0.3) is 0 Å². The van der Waals surface area contributed by atoms with Gasteiger partial charge in [0.15, 0.2) is 0 Å². The van der Waals surface area contributed by atoms with Crippen LogP contribution in [0, 0.1) is 0 Å². The fourth-order valence-corrected chi connectivity index (χ4v) is 5.39. The predicted molar refractivity (Wildman–Crippen MR) is 156 cm³/mol. The third-order valence-corrected chi connectivity index (χ3v) is 7.42. The van der Waals surface area contributed by atoms with Gasteiger partial charge in [-0.2, -0.15) is 0 Å². The highest BCUT2D eigenvalue weighted by molar-refractivity contribution is 5.85. The molecule has 0 spiro atoms. The summed E-state index contributed by atoms with van der Waals surface area (Å²) in [7, 11) is 0. The normalized spacial score (nSPS) is 12.6. The van der Waals surface area contributed by atoms with Crippen molar-refractivity contribution >= 4 is 18.0 Å². The first-order chi connectivity index (χ1) is 20.0. The lowest BCUT2D eigenvalue weighted by atomic mass is 9.97. The summed E-state index contributed by atoms with van der Waals surface area (Å²) < 4.78 is 5.69. The van der Waals surface area contributed by atoms with Gasteiger partial charge in [-0.25, -0.2) is 4.79 Å². The van der Waals surface area contributed by atoms with Crippen molar-refractivity contribution in [1.29, 1.82) is 0 Å². The van der Waals surface area contributed by atoms with Gasteiger partial charge in [-0.05, 0) is 33.4 Å². The van der Waals surface area contributed by atoms with Gasteiger partial charge in [-0.1, -0.05) is 109 Å². The number of aliphatic carboxylic acids is 1.